The van der Waals surface area contributed by atoms with Gasteiger partial charge in [0.05, 0.1) is 12.5 Å². The Morgan fingerprint density at radius 2 is 2.00 bits per heavy atom. The summed E-state index contributed by atoms with van der Waals surface area (Å²) in [7, 11) is 0. The van der Waals surface area contributed by atoms with E-state index in [1.54, 1.807) is 0 Å². The van der Waals surface area contributed by atoms with Gasteiger partial charge in [0.25, 0.3) is 0 Å². The Labute approximate surface area is 92.4 Å². The van der Waals surface area contributed by atoms with Crippen molar-refractivity contribution in [1.29, 1.82) is 0 Å². The first-order valence-electron chi connectivity index (χ1n) is 6.42. The fraction of sp³-hybridized carbons (Fsp3) is 0.923. The van der Waals surface area contributed by atoms with Crippen molar-refractivity contribution in [3.8, 4) is 0 Å². The van der Waals surface area contributed by atoms with Gasteiger partial charge in [0.1, 0.15) is 0 Å². The van der Waals surface area contributed by atoms with Crippen molar-refractivity contribution in [2.75, 3.05) is 6.61 Å². The zero-order chi connectivity index (χ0) is 10.7. The van der Waals surface area contributed by atoms with Crippen LogP contribution in [0.5, 0.6) is 0 Å². The van der Waals surface area contributed by atoms with E-state index in [9.17, 15) is 4.79 Å². The van der Waals surface area contributed by atoms with Crippen molar-refractivity contribution in [3.05, 3.63) is 0 Å². The largest absolute Gasteiger partial charge is 0.466 e. The first kappa shape index (κ1) is 11.0. The molecule has 15 heavy (non-hydrogen) atoms. The molecule has 2 aliphatic carbocycles. The third-order valence-electron chi connectivity index (χ3n) is 4.24. The Hall–Kier alpha value is -0.530. The molecule has 2 rings (SSSR count). The maximum Gasteiger partial charge on any atom is 0.308 e. The highest BCUT2D eigenvalue weighted by atomic mass is 16.5. The summed E-state index contributed by atoms with van der Waals surface area (Å²) in [4.78, 5) is 11.6. The van der Waals surface area contributed by atoms with Crippen molar-refractivity contribution in [1.82, 2.24) is 0 Å². The Bertz CT molecular complexity index is 229. The van der Waals surface area contributed by atoms with Crippen LogP contribution in [0.4, 0.5) is 0 Å². The second-order valence-corrected chi connectivity index (χ2v) is 5.25. The molecule has 2 nitrogen and oxygen atoms in total. The van der Waals surface area contributed by atoms with Crippen LogP contribution in [0.25, 0.3) is 0 Å². The summed E-state index contributed by atoms with van der Waals surface area (Å²) in [5.41, 5.74) is 0.523. The third kappa shape index (κ3) is 2.35. The van der Waals surface area contributed by atoms with Crippen LogP contribution in [0.2, 0.25) is 0 Å². The van der Waals surface area contributed by atoms with Crippen LogP contribution >= 0.6 is 0 Å². The molecular weight excluding hydrogens is 188 g/mol. The predicted molar refractivity (Wildman–Crippen MR) is 59.5 cm³/mol. The average molecular weight is 210 g/mol. The maximum atomic E-state index is 11.6. The predicted octanol–water partition coefficient (Wildman–Crippen LogP) is 3.30. The highest BCUT2D eigenvalue weighted by molar-refractivity contribution is 5.72. The summed E-state index contributed by atoms with van der Waals surface area (Å²) in [5.74, 6) is 0.267. The average Bonchev–Trinajstić information content (AvgIpc) is 2.64. The van der Waals surface area contributed by atoms with Gasteiger partial charge in [-0.15, -0.1) is 0 Å². The van der Waals surface area contributed by atoms with Crippen molar-refractivity contribution in [2.45, 2.75) is 58.3 Å². The molecule has 0 bridgehead atoms. The highest BCUT2D eigenvalue weighted by Crippen LogP contribution is 2.51. The molecule has 0 radical (unpaired) electrons. The second-order valence-electron chi connectivity index (χ2n) is 5.25. The molecule has 0 amide bonds. The molecule has 1 spiro atoms. The van der Waals surface area contributed by atoms with Crippen LogP contribution in [-0.4, -0.2) is 12.6 Å². The Morgan fingerprint density at radius 1 is 1.27 bits per heavy atom. The summed E-state index contributed by atoms with van der Waals surface area (Å²) < 4.78 is 5.12. The number of carbonyl (C=O) groups is 1. The molecule has 1 atom stereocenters. The van der Waals surface area contributed by atoms with Gasteiger partial charge in [0.15, 0.2) is 0 Å². The van der Waals surface area contributed by atoms with E-state index in [1.165, 1.54) is 38.5 Å². The van der Waals surface area contributed by atoms with Gasteiger partial charge in [-0.25, -0.2) is 0 Å². The first-order chi connectivity index (χ1) is 7.26. The van der Waals surface area contributed by atoms with Crippen molar-refractivity contribution in [3.63, 3.8) is 0 Å². The zero-order valence-corrected chi connectivity index (χ0v) is 9.76. The molecule has 2 saturated carbocycles. The SMILES string of the molecule is CCOC(=O)C1CCC2(CCCCC2)C1. The smallest absolute Gasteiger partial charge is 0.308 e. The molecule has 86 valence electrons. The molecule has 0 aromatic rings. The number of hydrogen-bond acceptors (Lipinski definition) is 2. The van der Waals surface area contributed by atoms with Gasteiger partial charge in [0, 0.05) is 0 Å². The molecule has 0 aliphatic heterocycles. The van der Waals surface area contributed by atoms with Gasteiger partial charge in [-0.3, -0.25) is 4.79 Å². The Kier molecular flexibility index (Phi) is 3.32. The summed E-state index contributed by atoms with van der Waals surface area (Å²) in [5, 5.41) is 0. The molecule has 0 N–H and O–H groups in total. The molecule has 1 unspecified atom stereocenters. The summed E-state index contributed by atoms with van der Waals surface area (Å²) in [6.45, 7) is 2.42. The molecule has 2 heteroatoms. The van der Waals surface area contributed by atoms with Gasteiger partial charge < -0.3 is 4.74 Å². The molecule has 2 fully saturated rings. The van der Waals surface area contributed by atoms with Crippen LogP contribution in [0, 0.1) is 11.3 Å². The highest BCUT2D eigenvalue weighted by Gasteiger charge is 2.42. The fourth-order valence-corrected chi connectivity index (χ4v) is 3.42. The lowest BCUT2D eigenvalue weighted by molar-refractivity contribution is -0.148. The van der Waals surface area contributed by atoms with E-state index in [0.717, 1.165) is 12.8 Å². The summed E-state index contributed by atoms with van der Waals surface area (Å²) in [6, 6.07) is 0. The summed E-state index contributed by atoms with van der Waals surface area (Å²) >= 11 is 0. The van der Waals surface area contributed by atoms with Crippen molar-refractivity contribution < 1.29 is 9.53 Å². The van der Waals surface area contributed by atoms with E-state index in [1.807, 2.05) is 6.92 Å². The van der Waals surface area contributed by atoms with Gasteiger partial charge in [-0.1, -0.05) is 19.3 Å². The van der Waals surface area contributed by atoms with Crippen molar-refractivity contribution >= 4 is 5.97 Å². The van der Waals surface area contributed by atoms with E-state index in [2.05, 4.69) is 0 Å². The molecular formula is C13H22O2. The van der Waals surface area contributed by atoms with Crippen LogP contribution < -0.4 is 0 Å². The standard InChI is InChI=1S/C13H22O2/c1-2-15-12(14)11-6-9-13(10-11)7-4-3-5-8-13/h11H,2-10H2,1H3. The quantitative estimate of drug-likeness (QED) is 0.654. The van der Waals surface area contributed by atoms with Crippen molar-refractivity contribution in [2.24, 2.45) is 11.3 Å². The van der Waals surface area contributed by atoms with E-state index in [0.29, 0.717) is 12.0 Å². The Morgan fingerprint density at radius 3 is 2.67 bits per heavy atom. The normalized spacial score (nSPS) is 29.3. The molecule has 0 saturated heterocycles. The summed E-state index contributed by atoms with van der Waals surface area (Å²) in [6.07, 6.45) is 10.3. The number of carbonyl (C=O) groups excluding carboxylic acids is 1. The number of hydrogen-bond donors (Lipinski definition) is 0. The van der Waals surface area contributed by atoms with Gasteiger partial charge in [-0.05, 0) is 44.4 Å². The fourth-order valence-electron chi connectivity index (χ4n) is 3.42. The lowest BCUT2D eigenvalue weighted by atomic mass is 9.72. The van der Waals surface area contributed by atoms with E-state index in [4.69, 9.17) is 4.74 Å². The minimum atomic E-state index is 0.0555. The number of rotatable bonds is 2. The maximum absolute atomic E-state index is 11.6. The first-order valence-corrected chi connectivity index (χ1v) is 6.42. The van der Waals surface area contributed by atoms with Gasteiger partial charge >= 0.3 is 5.97 Å². The molecule has 0 aromatic carbocycles. The Balaban J connectivity index is 1.90. The molecule has 2 aliphatic rings. The van der Waals surface area contributed by atoms with Crippen LogP contribution in [0.1, 0.15) is 58.3 Å². The third-order valence-corrected chi connectivity index (χ3v) is 4.24. The number of ether oxygens (including phenoxy) is 1. The van der Waals surface area contributed by atoms with Crippen LogP contribution in [0.3, 0.4) is 0 Å². The van der Waals surface area contributed by atoms with Crippen LogP contribution in [0.15, 0.2) is 0 Å². The molecule has 0 aromatic heterocycles. The second kappa shape index (κ2) is 4.54. The van der Waals surface area contributed by atoms with E-state index in [-0.39, 0.29) is 11.9 Å². The lowest BCUT2D eigenvalue weighted by Crippen LogP contribution is -2.22. The van der Waals surface area contributed by atoms with Gasteiger partial charge in [-0.2, -0.15) is 0 Å². The minimum absolute atomic E-state index is 0.0555. The monoisotopic (exact) mass is 210 g/mol. The molecule has 0 heterocycles. The van der Waals surface area contributed by atoms with Gasteiger partial charge in [0.2, 0.25) is 0 Å². The topological polar surface area (TPSA) is 26.3 Å². The van der Waals surface area contributed by atoms with Crippen LogP contribution in [-0.2, 0) is 9.53 Å². The minimum Gasteiger partial charge on any atom is -0.466 e. The zero-order valence-electron chi connectivity index (χ0n) is 9.76. The number of esters is 1. The lowest BCUT2D eigenvalue weighted by Gasteiger charge is -2.33. The van der Waals surface area contributed by atoms with E-state index < -0.39 is 0 Å². The van der Waals surface area contributed by atoms with E-state index >= 15 is 0 Å².